The van der Waals surface area contributed by atoms with Gasteiger partial charge in [-0.1, -0.05) is 41.9 Å². The first kappa shape index (κ1) is 13.1. The molecule has 1 unspecified atom stereocenters. The number of aliphatic hydroxyl groups is 1. The van der Waals surface area contributed by atoms with E-state index in [1.54, 1.807) is 0 Å². The largest absolute Gasteiger partial charge is 0.384 e. The summed E-state index contributed by atoms with van der Waals surface area (Å²) in [6, 6.07) is 8.59. The van der Waals surface area contributed by atoms with Crippen molar-refractivity contribution in [3.8, 4) is 0 Å². The molecule has 1 saturated carbocycles. The van der Waals surface area contributed by atoms with Crippen molar-refractivity contribution in [2.45, 2.75) is 38.3 Å². The van der Waals surface area contributed by atoms with Gasteiger partial charge in [-0.05, 0) is 36.5 Å². The van der Waals surface area contributed by atoms with Crippen molar-refractivity contribution < 1.29 is 5.11 Å². The van der Waals surface area contributed by atoms with Crippen LogP contribution in [0.4, 0.5) is 0 Å². The maximum absolute atomic E-state index is 10.8. The van der Waals surface area contributed by atoms with E-state index in [1.807, 2.05) is 24.3 Å². The second-order valence-electron chi connectivity index (χ2n) is 5.24. The van der Waals surface area contributed by atoms with Gasteiger partial charge in [0.25, 0.3) is 0 Å². The highest BCUT2D eigenvalue weighted by Gasteiger charge is 2.34. The van der Waals surface area contributed by atoms with E-state index in [1.165, 1.54) is 12.8 Å². The third-order valence-corrected chi connectivity index (χ3v) is 4.07. The maximum Gasteiger partial charge on any atom is 0.104 e. The SMILES string of the molecule is CC(C)C(O)(CNC1CC1)c1ccc(Br)cc1. The van der Waals surface area contributed by atoms with Crippen molar-refractivity contribution >= 4 is 15.9 Å². The summed E-state index contributed by atoms with van der Waals surface area (Å²) in [4.78, 5) is 0. The van der Waals surface area contributed by atoms with Crippen LogP contribution in [0.25, 0.3) is 0 Å². The van der Waals surface area contributed by atoms with Crippen LogP contribution in [0.5, 0.6) is 0 Å². The Kier molecular flexibility index (Phi) is 3.91. The molecule has 0 aliphatic heterocycles. The smallest absolute Gasteiger partial charge is 0.104 e. The molecule has 1 aromatic carbocycles. The lowest BCUT2D eigenvalue weighted by molar-refractivity contribution is -0.00955. The highest BCUT2D eigenvalue weighted by atomic mass is 79.9. The molecule has 2 nitrogen and oxygen atoms in total. The topological polar surface area (TPSA) is 32.3 Å². The average Bonchev–Trinajstić information content (AvgIpc) is 3.10. The van der Waals surface area contributed by atoms with Gasteiger partial charge >= 0.3 is 0 Å². The molecular formula is C14H20BrNO. The van der Waals surface area contributed by atoms with Gasteiger partial charge in [0.05, 0.1) is 0 Å². The summed E-state index contributed by atoms with van der Waals surface area (Å²) in [7, 11) is 0. The Labute approximate surface area is 112 Å². The summed E-state index contributed by atoms with van der Waals surface area (Å²) in [5, 5.41) is 14.3. The number of rotatable bonds is 5. The Hall–Kier alpha value is -0.380. The minimum atomic E-state index is -0.775. The van der Waals surface area contributed by atoms with E-state index >= 15 is 0 Å². The molecular weight excluding hydrogens is 278 g/mol. The number of halogens is 1. The summed E-state index contributed by atoms with van der Waals surface area (Å²) < 4.78 is 1.04. The average molecular weight is 298 g/mol. The van der Waals surface area contributed by atoms with Crippen LogP contribution in [0.3, 0.4) is 0 Å². The van der Waals surface area contributed by atoms with E-state index in [0.717, 1.165) is 10.0 Å². The fourth-order valence-electron chi connectivity index (χ4n) is 1.97. The van der Waals surface area contributed by atoms with Gasteiger partial charge in [0.1, 0.15) is 5.60 Å². The fraction of sp³-hybridized carbons (Fsp3) is 0.571. The van der Waals surface area contributed by atoms with Crippen molar-refractivity contribution in [1.82, 2.24) is 5.32 Å². The zero-order valence-corrected chi connectivity index (χ0v) is 12.0. The van der Waals surface area contributed by atoms with E-state index in [-0.39, 0.29) is 5.92 Å². The van der Waals surface area contributed by atoms with Crippen LogP contribution >= 0.6 is 15.9 Å². The zero-order valence-electron chi connectivity index (χ0n) is 10.4. The van der Waals surface area contributed by atoms with E-state index < -0.39 is 5.60 Å². The van der Waals surface area contributed by atoms with Crippen LogP contribution in [0.15, 0.2) is 28.7 Å². The highest BCUT2D eigenvalue weighted by molar-refractivity contribution is 9.10. The van der Waals surface area contributed by atoms with Crippen LogP contribution in [-0.2, 0) is 5.60 Å². The lowest BCUT2D eigenvalue weighted by Gasteiger charge is -2.33. The molecule has 0 bridgehead atoms. The number of hydrogen-bond donors (Lipinski definition) is 2. The molecule has 0 aromatic heterocycles. The molecule has 0 spiro atoms. The van der Waals surface area contributed by atoms with Gasteiger partial charge in [0.15, 0.2) is 0 Å². The molecule has 17 heavy (non-hydrogen) atoms. The first-order valence-electron chi connectivity index (χ1n) is 6.24. The fourth-order valence-corrected chi connectivity index (χ4v) is 2.23. The Bertz CT molecular complexity index is 372. The van der Waals surface area contributed by atoms with Crippen molar-refractivity contribution in [2.24, 2.45) is 5.92 Å². The quantitative estimate of drug-likeness (QED) is 0.875. The number of hydrogen-bond acceptors (Lipinski definition) is 2. The van der Waals surface area contributed by atoms with E-state index in [9.17, 15) is 5.11 Å². The first-order chi connectivity index (χ1) is 8.02. The maximum atomic E-state index is 10.8. The predicted molar refractivity (Wildman–Crippen MR) is 73.9 cm³/mol. The predicted octanol–water partition coefficient (Wildman–Crippen LogP) is 3.04. The minimum absolute atomic E-state index is 0.190. The molecule has 94 valence electrons. The molecule has 3 heteroatoms. The van der Waals surface area contributed by atoms with E-state index in [2.05, 4.69) is 35.1 Å². The molecule has 1 fully saturated rings. The second kappa shape index (κ2) is 5.09. The Morgan fingerprint density at radius 3 is 2.41 bits per heavy atom. The molecule has 1 aliphatic rings. The molecule has 0 amide bonds. The van der Waals surface area contributed by atoms with Crippen LogP contribution < -0.4 is 5.32 Å². The third kappa shape index (κ3) is 3.09. The molecule has 0 heterocycles. The monoisotopic (exact) mass is 297 g/mol. The lowest BCUT2D eigenvalue weighted by atomic mass is 9.83. The Morgan fingerprint density at radius 2 is 1.94 bits per heavy atom. The number of benzene rings is 1. The normalized spacial score (nSPS) is 19.4. The third-order valence-electron chi connectivity index (χ3n) is 3.54. The summed E-state index contributed by atoms with van der Waals surface area (Å²) in [6.45, 7) is 4.77. The standard InChI is InChI=1S/C14H20BrNO/c1-10(2)14(17,9-16-13-7-8-13)11-3-5-12(15)6-4-11/h3-6,10,13,16-17H,7-9H2,1-2H3. The van der Waals surface area contributed by atoms with E-state index in [0.29, 0.717) is 12.6 Å². The zero-order chi connectivity index (χ0) is 12.5. The van der Waals surface area contributed by atoms with Gasteiger partial charge in [-0.15, -0.1) is 0 Å². The molecule has 2 rings (SSSR count). The van der Waals surface area contributed by atoms with Gasteiger partial charge in [0.2, 0.25) is 0 Å². The molecule has 2 N–H and O–H groups in total. The molecule has 1 aromatic rings. The molecule has 1 aliphatic carbocycles. The van der Waals surface area contributed by atoms with Crippen LogP contribution in [-0.4, -0.2) is 17.7 Å². The summed E-state index contributed by atoms with van der Waals surface area (Å²) in [5.74, 6) is 0.190. The van der Waals surface area contributed by atoms with Crippen LogP contribution in [0.2, 0.25) is 0 Å². The summed E-state index contributed by atoms with van der Waals surface area (Å²) >= 11 is 3.42. The van der Waals surface area contributed by atoms with Crippen molar-refractivity contribution in [1.29, 1.82) is 0 Å². The van der Waals surface area contributed by atoms with E-state index in [4.69, 9.17) is 0 Å². The van der Waals surface area contributed by atoms with Gasteiger partial charge in [0, 0.05) is 17.1 Å². The van der Waals surface area contributed by atoms with Gasteiger partial charge in [-0.25, -0.2) is 0 Å². The van der Waals surface area contributed by atoms with Crippen molar-refractivity contribution in [3.05, 3.63) is 34.3 Å². The van der Waals surface area contributed by atoms with Crippen LogP contribution in [0.1, 0.15) is 32.3 Å². The van der Waals surface area contributed by atoms with Gasteiger partial charge < -0.3 is 10.4 Å². The molecule has 0 radical (unpaired) electrons. The number of nitrogens with one attached hydrogen (secondary N) is 1. The minimum Gasteiger partial charge on any atom is -0.384 e. The molecule has 1 atom stereocenters. The second-order valence-corrected chi connectivity index (χ2v) is 6.16. The van der Waals surface area contributed by atoms with Crippen molar-refractivity contribution in [3.63, 3.8) is 0 Å². The lowest BCUT2D eigenvalue weighted by Crippen LogP contribution is -2.43. The van der Waals surface area contributed by atoms with Gasteiger partial charge in [-0.3, -0.25) is 0 Å². The first-order valence-corrected chi connectivity index (χ1v) is 7.03. The summed E-state index contributed by atoms with van der Waals surface area (Å²) in [5.41, 5.74) is 0.215. The summed E-state index contributed by atoms with van der Waals surface area (Å²) in [6.07, 6.45) is 2.49. The Balaban J connectivity index is 2.16. The van der Waals surface area contributed by atoms with Gasteiger partial charge in [-0.2, -0.15) is 0 Å². The Morgan fingerprint density at radius 1 is 1.35 bits per heavy atom. The van der Waals surface area contributed by atoms with Crippen molar-refractivity contribution in [2.75, 3.05) is 6.54 Å². The van der Waals surface area contributed by atoms with Crippen LogP contribution in [0, 0.1) is 5.92 Å². The molecule has 0 saturated heterocycles. The highest BCUT2D eigenvalue weighted by Crippen LogP contribution is 2.31.